The molecule has 0 fully saturated rings. The van der Waals surface area contributed by atoms with Crippen LogP contribution in [0.15, 0.2) is 83.8 Å². The standard InChI is InChI=1S/C22H22N2O3S/c1-16(2)20-10-6-7-11-21(20)23-22(25)17-12-14-19(15-13-17)28(26,27)24-18-8-4-3-5-9-18/h3-16,24H,1-2H3,(H,23,25). The van der Waals surface area contributed by atoms with E-state index in [2.05, 4.69) is 23.9 Å². The molecule has 0 aliphatic heterocycles. The van der Waals surface area contributed by atoms with Gasteiger partial charge in [0.2, 0.25) is 0 Å². The van der Waals surface area contributed by atoms with Gasteiger partial charge in [-0.05, 0) is 53.9 Å². The summed E-state index contributed by atoms with van der Waals surface area (Å²) in [5, 5.41) is 2.90. The minimum atomic E-state index is -3.71. The minimum Gasteiger partial charge on any atom is -0.322 e. The van der Waals surface area contributed by atoms with Gasteiger partial charge in [0.25, 0.3) is 15.9 Å². The summed E-state index contributed by atoms with van der Waals surface area (Å²) in [5.41, 5.74) is 2.67. The number of benzene rings is 3. The number of hydrogen-bond acceptors (Lipinski definition) is 3. The molecule has 0 aliphatic rings. The Bertz CT molecular complexity index is 1060. The quantitative estimate of drug-likeness (QED) is 0.627. The molecule has 3 aromatic rings. The van der Waals surface area contributed by atoms with Crippen LogP contribution in [0, 0.1) is 0 Å². The molecule has 6 heteroatoms. The van der Waals surface area contributed by atoms with Gasteiger partial charge in [0.05, 0.1) is 4.90 Å². The normalized spacial score (nSPS) is 11.2. The Kier molecular flexibility index (Phi) is 5.80. The smallest absolute Gasteiger partial charge is 0.261 e. The average Bonchev–Trinajstić information content (AvgIpc) is 2.69. The van der Waals surface area contributed by atoms with Crippen molar-refractivity contribution < 1.29 is 13.2 Å². The van der Waals surface area contributed by atoms with E-state index in [1.54, 1.807) is 24.3 Å². The topological polar surface area (TPSA) is 75.3 Å². The van der Waals surface area contributed by atoms with Gasteiger partial charge in [0.1, 0.15) is 0 Å². The molecule has 0 unspecified atom stereocenters. The second-order valence-electron chi connectivity index (χ2n) is 6.69. The Morgan fingerprint density at radius 1 is 0.821 bits per heavy atom. The van der Waals surface area contributed by atoms with Crippen LogP contribution in [0.3, 0.4) is 0 Å². The predicted molar refractivity (Wildman–Crippen MR) is 112 cm³/mol. The summed E-state index contributed by atoms with van der Waals surface area (Å²) >= 11 is 0. The number of hydrogen-bond donors (Lipinski definition) is 2. The van der Waals surface area contributed by atoms with Crippen LogP contribution in [0.4, 0.5) is 11.4 Å². The van der Waals surface area contributed by atoms with Crippen LogP contribution >= 0.6 is 0 Å². The Labute approximate surface area is 165 Å². The van der Waals surface area contributed by atoms with Crippen LogP contribution in [0.5, 0.6) is 0 Å². The lowest BCUT2D eigenvalue weighted by Crippen LogP contribution is -2.15. The molecule has 0 radical (unpaired) electrons. The third-order valence-electron chi connectivity index (χ3n) is 4.28. The van der Waals surface area contributed by atoms with E-state index in [0.717, 1.165) is 11.3 Å². The van der Waals surface area contributed by atoms with Crippen molar-refractivity contribution in [2.24, 2.45) is 0 Å². The Hall–Kier alpha value is -3.12. The first-order valence-electron chi connectivity index (χ1n) is 8.95. The minimum absolute atomic E-state index is 0.0930. The van der Waals surface area contributed by atoms with Crippen molar-refractivity contribution >= 4 is 27.3 Å². The number of rotatable bonds is 6. The molecule has 3 aromatic carbocycles. The van der Waals surface area contributed by atoms with E-state index in [9.17, 15) is 13.2 Å². The fourth-order valence-corrected chi connectivity index (χ4v) is 3.87. The summed E-state index contributed by atoms with van der Waals surface area (Å²) in [4.78, 5) is 12.7. The van der Waals surface area contributed by atoms with Gasteiger partial charge >= 0.3 is 0 Å². The molecule has 0 bridgehead atoms. The van der Waals surface area contributed by atoms with E-state index in [0.29, 0.717) is 11.3 Å². The van der Waals surface area contributed by atoms with E-state index in [1.165, 1.54) is 24.3 Å². The molecule has 2 N–H and O–H groups in total. The maximum absolute atomic E-state index is 12.6. The maximum Gasteiger partial charge on any atom is 0.261 e. The zero-order chi connectivity index (χ0) is 20.1. The van der Waals surface area contributed by atoms with E-state index >= 15 is 0 Å². The van der Waals surface area contributed by atoms with Gasteiger partial charge in [0.15, 0.2) is 0 Å². The molecule has 0 spiro atoms. The maximum atomic E-state index is 12.6. The van der Waals surface area contributed by atoms with Crippen LogP contribution in [-0.2, 0) is 10.0 Å². The van der Waals surface area contributed by atoms with Crippen molar-refractivity contribution in [1.82, 2.24) is 0 Å². The zero-order valence-corrected chi connectivity index (χ0v) is 16.5. The molecule has 28 heavy (non-hydrogen) atoms. The summed E-state index contributed by atoms with van der Waals surface area (Å²) < 4.78 is 27.5. The molecule has 0 atom stereocenters. The highest BCUT2D eigenvalue weighted by Gasteiger charge is 2.16. The van der Waals surface area contributed by atoms with Gasteiger partial charge in [-0.3, -0.25) is 9.52 Å². The van der Waals surface area contributed by atoms with Gasteiger partial charge in [-0.2, -0.15) is 0 Å². The first-order valence-corrected chi connectivity index (χ1v) is 10.4. The van der Waals surface area contributed by atoms with Crippen LogP contribution < -0.4 is 10.0 Å². The molecular weight excluding hydrogens is 372 g/mol. The van der Waals surface area contributed by atoms with Crippen LogP contribution in [0.1, 0.15) is 35.7 Å². The SMILES string of the molecule is CC(C)c1ccccc1NC(=O)c1ccc(S(=O)(=O)Nc2ccccc2)cc1. The molecule has 0 aliphatic carbocycles. The van der Waals surface area contributed by atoms with E-state index < -0.39 is 10.0 Å². The molecule has 0 saturated heterocycles. The van der Waals surface area contributed by atoms with Gasteiger partial charge < -0.3 is 5.32 Å². The van der Waals surface area contributed by atoms with Crippen molar-refractivity contribution in [3.8, 4) is 0 Å². The highest BCUT2D eigenvalue weighted by Crippen LogP contribution is 2.24. The average molecular weight is 394 g/mol. The second kappa shape index (κ2) is 8.27. The lowest BCUT2D eigenvalue weighted by atomic mass is 10.0. The second-order valence-corrected chi connectivity index (χ2v) is 8.37. The first-order chi connectivity index (χ1) is 13.4. The number of amides is 1. The summed E-state index contributed by atoms with van der Waals surface area (Å²) in [6, 6.07) is 22.2. The Morgan fingerprint density at radius 2 is 1.43 bits per heavy atom. The third kappa shape index (κ3) is 4.58. The van der Waals surface area contributed by atoms with Crippen molar-refractivity contribution in [2.45, 2.75) is 24.7 Å². The largest absolute Gasteiger partial charge is 0.322 e. The number of nitrogens with one attached hydrogen (secondary N) is 2. The highest BCUT2D eigenvalue weighted by atomic mass is 32.2. The highest BCUT2D eigenvalue weighted by molar-refractivity contribution is 7.92. The number of para-hydroxylation sites is 2. The Balaban J connectivity index is 1.76. The Morgan fingerprint density at radius 3 is 2.07 bits per heavy atom. The fraction of sp³-hybridized carbons (Fsp3) is 0.136. The van der Waals surface area contributed by atoms with Gasteiger partial charge in [-0.15, -0.1) is 0 Å². The lowest BCUT2D eigenvalue weighted by Gasteiger charge is -2.14. The van der Waals surface area contributed by atoms with Gasteiger partial charge in [-0.1, -0.05) is 50.2 Å². The number of carbonyl (C=O) groups excluding carboxylic acids is 1. The fourth-order valence-electron chi connectivity index (χ4n) is 2.81. The predicted octanol–water partition coefficient (Wildman–Crippen LogP) is 4.86. The van der Waals surface area contributed by atoms with E-state index in [4.69, 9.17) is 0 Å². The van der Waals surface area contributed by atoms with Crippen molar-refractivity contribution in [2.75, 3.05) is 10.0 Å². The molecule has 3 rings (SSSR count). The number of sulfonamides is 1. The summed E-state index contributed by atoms with van der Waals surface area (Å²) in [7, 11) is -3.71. The summed E-state index contributed by atoms with van der Waals surface area (Å²) in [6.07, 6.45) is 0. The molecule has 0 aromatic heterocycles. The van der Waals surface area contributed by atoms with Crippen LogP contribution in [-0.4, -0.2) is 14.3 Å². The van der Waals surface area contributed by atoms with Gasteiger partial charge in [-0.25, -0.2) is 8.42 Å². The monoisotopic (exact) mass is 394 g/mol. The third-order valence-corrected chi connectivity index (χ3v) is 5.68. The first kappa shape index (κ1) is 19.6. The van der Waals surface area contributed by atoms with E-state index in [-0.39, 0.29) is 16.7 Å². The van der Waals surface area contributed by atoms with Crippen molar-refractivity contribution in [3.05, 3.63) is 90.0 Å². The van der Waals surface area contributed by atoms with Crippen molar-refractivity contribution in [1.29, 1.82) is 0 Å². The molecule has 0 saturated carbocycles. The molecule has 144 valence electrons. The van der Waals surface area contributed by atoms with Crippen LogP contribution in [0.25, 0.3) is 0 Å². The van der Waals surface area contributed by atoms with Crippen LogP contribution in [0.2, 0.25) is 0 Å². The molecule has 5 nitrogen and oxygen atoms in total. The van der Waals surface area contributed by atoms with E-state index in [1.807, 2.05) is 30.3 Å². The molecular formula is C22H22N2O3S. The lowest BCUT2D eigenvalue weighted by molar-refractivity contribution is 0.102. The summed E-state index contributed by atoms with van der Waals surface area (Å²) in [5.74, 6) is -0.0128. The molecule has 1 amide bonds. The zero-order valence-electron chi connectivity index (χ0n) is 15.7. The summed E-state index contributed by atoms with van der Waals surface area (Å²) in [6.45, 7) is 4.12. The number of carbonyl (C=O) groups is 1. The van der Waals surface area contributed by atoms with Gasteiger partial charge in [0, 0.05) is 16.9 Å². The molecule has 0 heterocycles. The number of anilines is 2. The van der Waals surface area contributed by atoms with Crippen molar-refractivity contribution in [3.63, 3.8) is 0 Å².